The molecule has 0 radical (unpaired) electrons. The second-order valence-corrected chi connectivity index (χ2v) is 7.20. The first-order valence-corrected chi connectivity index (χ1v) is 8.24. The molecular formula is C18H28N2O3. The van der Waals surface area contributed by atoms with Gasteiger partial charge in [0.05, 0.1) is 5.60 Å². The summed E-state index contributed by atoms with van der Waals surface area (Å²) in [4.78, 5) is 12.0. The minimum atomic E-state index is -0.838. The Morgan fingerprint density at radius 3 is 2.52 bits per heavy atom. The van der Waals surface area contributed by atoms with E-state index in [1.165, 1.54) is 5.56 Å². The Hall–Kier alpha value is -1.59. The number of carbonyl (C=O) groups is 1. The van der Waals surface area contributed by atoms with Gasteiger partial charge < -0.3 is 20.5 Å². The molecule has 0 unspecified atom stereocenters. The van der Waals surface area contributed by atoms with E-state index in [1.807, 2.05) is 18.2 Å². The Kier molecular flexibility index (Phi) is 6.02. The molecule has 1 aromatic carbocycles. The van der Waals surface area contributed by atoms with Gasteiger partial charge in [0, 0.05) is 39.1 Å². The summed E-state index contributed by atoms with van der Waals surface area (Å²) in [7, 11) is 0. The standard InChI is InChI=1S/C18H28N2O3/c1-17(2,12-15-6-4-3-5-7-15)13-19-16(21)20-14-18(22)8-10-23-11-9-18/h3-7,22H,8-14H2,1-2H3,(H2,19,20,21). The van der Waals surface area contributed by atoms with Crippen LogP contribution in [0.2, 0.25) is 0 Å². The Bertz CT molecular complexity index is 496. The first-order valence-electron chi connectivity index (χ1n) is 8.24. The highest BCUT2D eigenvalue weighted by molar-refractivity contribution is 5.73. The fourth-order valence-corrected chi connectivity index (χ4v) is 2.77. The Balaban J connectivity index is 1.72. The third kappa shape index (κ3) is 6.20. The number of carbonyl (C=O) groups excluding carboxylic acids is 1. The molecule has 2 amide bonds. The van der Waals surface area contributed by atoms with Crippen LogP contribution in [0.5, 0.6) is 0 Å². The van der Waals surface area contributed by atoms with E-state index in [1.54, 1.807) is 0 Å². The fraction of sp³-hybridized carbons (Fsp3) is 0.611. The van der Waals surface area contributed by atoms with Crippen molar-refractivity contribution in [3.05, 3.63) is 35.9 Å². The van der Waals surface area contributed by atoms with Crippen LogP contribution in [0.25, 0.3) is 0 Å². The monoisotopic (exact) mass is 320 g/mol. The van der Waals surface area contributed by atoms with Crippen molar-refractivity contribution in [2.24, 2.45) is 5.41 Å². The van der Waals surface area contributed by atoms with Gasteiger partial charge in [-0.25, -0.2) is 4.79 Å². The number of amides is 2. The number of rotatable bonds is 6. The number of hydrogen-bond donors (Lipinski definition) is 3. The number of benzene rings is 1. The molecule has 0 spiro atoms. The maximum Gasteiger partial charge on any atom is 0.314 e. The molecular weight excluding hydrogens is 292 g/mol. The van der Waals surface area contributed by atoms with E-state index in [0.29, 0.717) is 32.6 Å². The average Bonchev–Trinajstić information content (AvgIpc) is 2.52. The maximum absolute atomic E-state index is 12.0. The Labute approximate surface area is 138 Å². The molecule has 1 fully saturated rings. The summed E-state index contributed by atoms with van der Waals surface area (Å²) in [5.74, 6) is 0. The van der Waals surface area contributed by atoms with Crippen LogP contribution in [0.15, 0.2) is 30.3 Å². The fourth-order valence-electron chi connectivity index (χ4n) is 2.77. The van der Waals surface area contributed by atoms with E-state index in [9.17, 15) is 9.90 Å². The Morgan fingerprint density at radius 1 is 1.22 bits per heavy atom. The van der Waals surface area contributed by atoms with Crippen LogP contribution in [0.4, 0.5) is 4.79 Å². The highest BCUT2D eigenvalue weighted by atomic mass is 16.5. The number of hydrogen-bond acceptors (Lipinski definition) is 3. The molecule has 1 heterocycles. The SMILES string of the molecule is CC(C)(CNC(=O)NCC1(O)CCOCC1)Cc1ccccc1. The lowest BCUT2D eigenvalue weighted by atomic mass is 9.86. The predicted molar refractivity (Wildman–Crippen MR) is 90.3 cm³/mol. The highest BCUT2D eigenvalue weighted by Gasteiger charge is 2.30. The molecule has 1 saturated heterocycles. The molecule has 5 nitrogen and oxygen atoms in total. The van der Waals surface area contributed by atoms with Gasteiger partial charge >= 0.3 is 6.03 Å². The molecule has 3 N–H and O–H groups in total. The zero-order valence-electron chi connectivity index (χ0n) is 14.1. The van der Waals surface area contributed by atoms with E-state index in [4.69, 9.17) is 4.74 Å². The summed E-state index contributed by atoms with van der Waals surface area (Å²) >= 11 is 0. The van der Waals surface area contributed by atoms with E-state index in [0.717, 1.165) is 6.42 Å². The van der Waals surface area contributed by atoms with Crippen LogP contribution in [-0.2, 0) is 11.2 Å². The third-order valence-corrected chi connectivity index (χ3v) is 4.25. The quantitative estimate of drug-likeness (QED) is 0.752. The molecule has 5 heteroatoms. The van der Waals surface area contributed by atoms with Crippen molar-refractivity contribution in [1.29, 1.82) is 0 Å². The maximum atomic E-state index is 12.0. The van der Waals surface area contributed by atoms with Gasteiger partial charge in [0.25, 0.3) is 0 Å². The van der Waals surface area contributed by atoms with E-state index < -0.39 is 5.60 Å². The zero-order valence-corrected chi connectivity index (χ0v) is 14.1. The van der Waals surface area contributed by atoms with E-state index in [2.05, 4.69) is 36.6 Å². The van der Waals surface area contributed by atoms with Gasteiger partial charge in [0.1, 0.15) is 0 Å². The number of nitrogens with one attached hydrogen (secondary N) is 2. The van der Waals surface area contributed by atoms with Crippen molar-refractivity contribution in [1.82, 2.24) is 10.6 Å². The van der Waals surface area contributed by atoms with Crippen LogP contribution in [0.1, 0.15) is 32.3 Å². The molecule has 0 aromatic heterocycles. The van der Waals surface area contributed by atoms with Gasteiger partial charge in [-0.05, 0) is 17.4 Å². The second kappa shape index (κ2) is 7.79. The topological polar surface area (TPSA) is 70.6 Å². The molecule has 23 heavy (non-hydrogen) atoms. The summed E-state index contributed by atoms with van der Waals surface area (Å²) in [6, 6.07) is 10.0. The lowest BCUT2D eigenvalue weighted by Crippen LogP contribution is -2.50. The van der Waals surface area contributed by atoms with Crippen molar-refractivity contribution in [3.8, 4) is 0 Å². The first-order chi connectivity index (χ1) is 10.9. The number of aliphatic hydroxyl groups is 1. The summed E-state index contributed by atoms with van der Waals surface area (Å²) in [6.07, 6.45) is 2.02. The van der Waals surface area contributed by atoms with Crippen LogP contribution in [0, 0.1) is 5.41 Å². The summed E-state index contributed by atoms with van der Waals surface area (Å²) < 4.78 is 5.23. The molecule has 1 aromatic rings. The van der Waals surface area contributed by atoms with Crippen LogP contribution in [-0.4, -0.2) is 43.0 Å². The van der Waals surface area contributed by atoms with Crippen molar-refractivity contribution in [3.63, 3.8) is 0 Å². The third-order valence-electron chi connectivity index (χ3n) is 4.25. The molecule has 0 atom stereocenters. The van der Waals surface area contributed by atoms with Gasteiger partial charge in [-0.1, -0.05) is 44.2 Å². The van der Waals surface area contributed by atoms with Gasteiger partial charge in [0.15, 0.2) is 0 Å². The largest absolute Gasteiger partial charge is 0.388 e. The molecule has 0 saturated carbocycles. The molecule has 0 bridgehead atoms. The van der Waals surface area contributed by atoms with Crippen LogP contribution in [0.3, 0.4) is 0 Å². The van der Waals surface area contributed by atoms with Crippen molar-refractivity contribution in [2.75, 3.05) is 26.3 Å². The minimum absolute atomic E-state index is 0.0335. The highest BCUT2D eigenvalue weighted by Crippen LogP contribution is 2.21. The van der Waals surface area contributed by atoms with Gasteiger partial charge in [0.2, 0.25) is 0 Å². The van der Waals surface area contributed by atoms with E-state index >= 15 is 0 Å². The second-order valence-electron chi connectivity index (χ2n) is 7.20. The zero-order chi connectivity index (χ0) is 16.8. The van der Waals surface area contributed by atoms with E-state index in [-0.39, 0.29) is 18.0 Å². The summed E-state index contributed by atoms with van der Waals surface area (Å²) in [5.41, 5.74) is 0.389. The van der Waals surface area contributed by atoms with Gasteiger partial charge in [-0.3, -0.25) is 0 Å². The average molecular weight is 320 g/mol. The van der Waals surface area contributed by atoms with Gasteiger partial charge in [-0.15, -0.1) is 0 Å². The molecule has 0 aliphatic carbocycles. The van der Waals surface area contributed by atoms with Crippen LogP contribution < -0.4 is 10.6 Å². The Morgan fingerprint density at radius 2 is 1.87 bits per heavy atom. The molecule has 1 aliphatic rings. The first kappa shape index (κ1) is 17.8. The predicted octanol–water partition coefficient (Wildman–Crippen LogP) is 2.10. The van der Waals surface area contributed by atoms with Gasteiger partial charge in [-0.2, -0.15) is 0 Å². The van der Waals surface area contributed by atoms with Crippen molar-refractivity contribution < 1.29 is 14.6 Å². The molecule has 1 aliphatic heterocycles. The lowest BCUT2D eigenvalue weighted by Gasteiger charge is -2.32. The molecule has 2 rings (SSSR count). The van der Waals surface area contributed by atoms with Crippen molar-refractivity contribution in [2.45, 2.75) is 38.7 Å². The van der Waals surface area contributed by atoms with Crippen molar-refractivity contribution >= 4 is 6.03 Å². The smallest absolute Gasteiger partial charge is 0.314 e. The minimum Gasteiger partial charge on any atom is -0.388 e. The normalized spacial score (nSPS) is 17.5. The lowest BCUT2D eigenvalue weighted by molar-refractivity contribution is -0.0600. The van der Waals surface area contributed by atoms with Crippen LogP contribution >= 0.6 is 0 Å². The summed E-state index contributed by atoms with van der Waals surface area (Å²) in [5, 5.41) is 16.0. The summed E-state index contributed by atoms with van der Waals surface area (Å²) in [6.45, 7) is 6.20. The number of urea groups is 1. The molecule has 128 valence electrons. The number of ether oxygens (including phenoxy) is 1.